The van der Waals surface area contributed by atoms with Gasteiger partial charge >= 0.3 is 6.18 Å². The third-order valence-corrected chi connectivity index (χ3v) is 5.55. The van der Waals surface area contributed by atoms with E-state index in [1.54, 1.807) is 6.07 Å². The number of amides is 2. The van der Waals surface area contributed by atoms with E-state index in [1.807, 2.05) is 15.6 Å². The topological polar surface area (TPSA) is 104 Å². The molecule has 0 unspecified atom stereocenters. The predicted octanol–water partition coefficient (Wildman–Crippen LogP) is 2.49. The van der Waals surface area contributed by atoms with Crippen LogP contribution in [0.25, 0.3) is 0 Å². The summed E-state index contributed by atoms with van der Waals surface area (Å²) in [4.78, 5) is 23.0. The second-order valence-electron chi connectivity index (χ2n) is 5.76. The molecule has 12 heteroatoms. The number of hydrogen-bond donors (Lipinski definition) is 3. The highest BCUT2D eigenvalue weighted by molar-refractivity contribution is 7.89. The van der Waals surface area contributed by atoms with Crippen molar-refractivity contribution in [2.24, 2.45) is 0 Å². The molecule has 2 aromatic rings. The summed E-state index contributed by atoms with van der Waals surface area (Å²) in [6.45, 7) is 1.10. The summed E-state index contributed by atoms with van der Waals surface area (Å²) in [6, 6.07) is 8.04. The lowest BCUT2D eigenvalue weighted by molar-refractivity contribution is -0.139. The molecule has 0 saturated carbocycles. The van der Waals surface area contributed by atoms with Crippen molar-refractivity contribution in [1.82, 2.24) is 15.6 Å². The first-order valence-corrected chi connectivity index (χ1v) is 9.83. The number of benzene rings is 2. The Bertz CT molecular complexity index is 1030. The molecule has 0 spiro atoms. The summed E-state index contributed by atoms with van der Waals surface area (Å²) in [5.74, 6) is -1.76. The first-order valence-electron chi connectivity index (χ1n) is 7.97. The molecule has 156 valence electrons. The van der Waals surface area contributed by atoms with Crippen LogP contribution in [-0.2, 0) is 21.0 Å². The molecular formula is C17H15ClF3N3O4S. The quantitative estimate of drug-likeness (QED) is 0.610. The molecule has 0 saturated heterocycles. The number of hydrogen-bond acceptors (Lipinski definition) is 4. The molecule has 0 aliphatic rings. The molecule has 0 aromatic heterocycles. The van der Waals surface area contributed by atoms with Crippen molar-refractivity contribution in [1.29, 1.82) is 0 Å². The van der Waals surface area contributed by atoms with E-state index in [4.69, 9.17) is 11.6 Å². The highest BCUT2D eigenvalue weighted by atomic mass is 35.5. The second kappa shape index (κ2) is 8.80. The lowest BCUT2D eigenvalue weighted by Gasteiger charge is -2.17. The van der Waals surface area contributed by atoms with Crippen molar-refractivity contribution in [3.8, 4) is 0 Å². The maximum absolute atomic E-state index is 13.0. The highest BCUT2D eigenvalue weighted by Crippen LogP contribution is 2.33. The van der Waals surface area contributed by atoms with Gasteiger partial charge in [-0.1, -0.05) is 35.9 Å². The molecule has 3 N–H and O–H groups in total. The molecule has 2 aromatic carbocycles. The van der Waals surface area contributed by atoms with Gasteiger partial charge in [-0.25, -0.2) is 8.42 Å². The van der Waals surface area contributed by atoms with Crippen molar-refractivity contribution in [2.75, 3.05) is 0 Å². The van der Waals surface area contributed by atoms with Crippen LogP contribution in [-0.4, -0.2) is 26.3 Å². The Morgan fingerprint density at radius 3 is 2.21 bits per heavy atom. The summed E-state index contributed by atoms with van der Waals surface area (Å²) >= 11 is 5.85. The number of carbonyl (C=O) groups is 2. The van der Waals surface area contributed by atoms with Crippen LogP contribution in [0.5, 0.6) is 0 Å². The third kappa shape index (κ3) is 5.68. The Hall–Kier alpha value is -2.63. The summed E-state index contributed by atoms with van der Waals surface area (Å²) in [6.07, 6.45) is -4.90. The van der Waals surface area contributed by atoms with Crippen LogP contribution in [0, 0.1) is 0 Å². The number of carbonyl (C=O) groups excluding carboxylic acids is 2. The van der Waals surface area contributed by atoms with E-state index >= 15 is 0 Å². The lowest BCUT2D eigenvalue weighted by atomic mass is 10.2. The van der Waals surface area contributed by atoms with Gasteiger partial charge in [-0.05, 0) is 31.2 Å². The van der Waals surface area contributed by atoms with E-state index in [2.05, 4.69) is 0 Å². The van der Waals surface area contributed by atoms with Gasteiger partial charge in [0.15, 0.2) is 0 Å². The Morgan fingerprint density at radius 1 is 1.00 bits per heavy atom. The average molecular weight is 450 g/mol. The molecule has 1 atom stereocenters. The summed E-state index contributed by atoms with van der Waals surface area (Å²) in [7, 11) is -4.68. The molecular weight excluding hydrogens is 435 g/mol. The monoisotopic (exact) mass is 449 g/mol. The van der Waals surface area contributed by atoms with E-state index in [0.29, 0.717) is 6.07 Å². The molecule has 0 bridgehead atoms. The summed E-state index contributed by atoms with van der Waals surface area (Å²) in [5.41, 5.74) is 2.71. The minimum Gasteiger partial charge on any atom is -0.271 e. The van der Waals surface area contributed by atoms with Gasteiger partial charge in [0.25, 0.3) is 11.8 Å². The molecule has 2 rings (SSSR count). The van der Waals surface area contributed by atoms with Crippen molar-refractivity contribution < 1.29 is 31.2 Å². The smallest absolute Gasteiger partial charge is 0.271 e. The van der Waals surface area contributed by atoms with E-state index in [1.165, 1.54) is 18.2 Å². The van der Waals surface area contributed by atoms with Crippen molar-refractivity contribution >= 4 is 33.4 Å². The molecule has 0 aliphatic carbocycles. The van der Waals surface area contributed by atoms with Gasteiger partial charge in [0, 0.05) is 0 Å². The molecule has 29 heavy (non-hydrogen) atoms. The molecule has 0 fully saturated rings. The fraction of sp³-hybridized carbons (Fsp3) is 0.176. The molecule has 2 amide bonds. The number of alkyl halides is 3. The van der Waals surface area contributed by atoms with Crippen LogP contribution in [0.1, 0.15) is 22.8 Å². The Kier molecular flexibility index (Phi) is 6.88. The zero-order chi connectivity index (χ0) is 21.8. The van der Waals surface area contributed by atoms with Gasteiger partial charge in [-0.3, -0.25) is 20.4 Å². The Balaban J connectivity index is 2.08. The zero-order valence-corrected chi connectivity index (χ0v) is 16.3. The first kappa shape index (κ1) is 22.7. The fourth-order valence-electron chi connectivity index (χ4n) is 2.22. The maximum Gasteiger partial charge on any atom is 0.417 e. The number of rotatable bonds is 5. The minimum absolute atomic E-state index is 0.0572. The van der Waals surface area contributed by atoms with Gasteiger partial charge in [0.2, 0.25) is 10.0 Å². The number of halogens is 4. The van der Waals surface area contributed by atoms with E-state index in [-0.39, 0.29) is 10.6 Å². The van der Waals surface area contributed by atoms with E-state index < -0.39 is 44.5 Å². The third-order valence-electron chi connectivity index (χ3n) is 3.62. The lowest BCUT2D eigenvalue weighted by Crippen LogP contribution is -2.51. The van der Waals surface area contributed by atoms with Crippen LogP contribution < -0.4 is 15.6 Å². The fourth-order valence-corrected chi connectivity index (χ4v) is 3.88. The van der Waals surface area contributed by atoms with Crippen molar-refractivity contribution in [3.63, 3.8) is 0 Å². The molecule has 0 heterocycles. The Labute approximate surface area is 169 Å². The molecule has 0 aliphatic heterocycles. The van der Waals surface area contributed by atoms with Crippen LogP contribution in [0.4, 0.5) is 13.2 Å². The summed E-state index contributed by atoms with van der Waals surface area (Å²) < 4.78 is 65.6. The average Bonchev–Trinajstić information content (AvgIpc) is 2.65. The van der Waals surface area contributed by atoms with Crippen molar-refractivity contribution in [3.05, 3.63) is 64.7 Å². The van der Waals surface area contributed by atoms with Gasteiger partial charge < -0.3 is 0 Å². The van der Waals surface area contributed by atoms with Gasteiger partial charge in [-0.15, -0.1) is 0 Å². The maximum atomic E-state index is 13.0. The van der Waals surface area contributed by atoms with Gasteiger partial charge in [-0.2, -0.15) is 17.9 Å². The van der Waals surface area contributed by atoms with Crippen LogP contribution >= 0.6 is 11.6 Å². The van der Waals surface area contributed by atoms with E-state index in [9.17, 15) is 31.2 Å². The number of nitrogens with one attached hydrogen (secondary N) is 3. The van der Waals surface area contributed by atoms with Crippen LogP contribution in [0.15, 0.2) is 53.4 Å². The molecule has 0 radical (unpaired) electrons. The van der Waals surface area contributed by atoms with Crippen molar-refractivity contribution in [2.45, 2.75) is 24.0 Å². The highest BCUT2D eigenvalue weighted by Gasteiger charge is 2.37. The van der Waals surface area contributed by atoms with Crippen LogP contribution in [0.3, 0.4) is 0 Å². The first-order chi connectivity index (χ1) is 13.4. The normalized spacial score (nSPS) is 12.9. The second-order valence-corrected chi connectivity index (χ2v) is 7.85. The standard InChI is InChI=1S/C17H15ClF3N3O4S/c1-10(15(25)22-23-16(26)11-6-2-4-8-13(11)18)24-29(27,28)14-9-5-3-7-12(14)17(19,20)21/h2-10,24H,1H3,(H,22,25)(H,23,26)/t10-/m0/s1. The number of sulfonamides is 1. The largest absolute Gasteiger partial charge is 0.417 e. The van der Waals surface area contributed by atoms with Gasteiger partial charge in [0.1, 0.15) is 0 Å². The summed E-state index contributed by atoms with van der Waals surface area (Å²) in [5, 5.41) is 0.122. The molecule has 7 nitrogen and oxygen atoms in total. The minimum atomic E-state index is -4.90. The van der Waals surface area contributed by atoms with Crippen LogP contribution in [0.2, 0.25) is 5.02 Å². The number of hydrazine groups is 1. The van der Waals surface area contributed by atoms with E-state index in [0.717, 1.165) is 25.1 Å². The zero-order valence-electron chi connectivity index (χ0n) is 14.7. The van der Waals surface area contributed by atoms with Gasteiger partial charge in [0.05, 0.1) is 27.1 Å². The predicted molar refractivity (Wildman–Crippen MR) is 98.3 cm³/mol. The Morgan fingerprint density at radius 2 is 1.59 bits per heavy atom. The SMILES string of the molecule is C[C@H](NS(=O)(=O)c1ccccc1C(F)(F)F)C(=O)NNC(=O)c1ccccc1Cl.